The minimum atomic E-state index is -0.0957. The van der Waals surface area contributed by atoms with Crippen molar-refractivity contribution in [3.8, 4) is 5.82 Å². The van der Waals surface area contributed by atoms with Crippen molar-refractivity contribution in [3.05, 3.63) is 42.4 Å². The summed E-state index contributed by atoms with van der Waals surface area (Å²) in [6, 6.07) is 5.87. The fourth-order valence-electron chi connectivity index (χ4n) is 2.75. The van der Waals surface area contributed by atoms with Gasteiger partial charge in [0, 0.05) is 45.3 Å². The van der Waals surface area contributed by atoms with Crippen LogP contribution in [-0.4, -0.2) is 46.5 Å². The first-order valence-corrected chi connectivity index (χ1v) is 8.22. The lowest BCUT2D eigenvalue weighted by Gasteiger charge is -2.24. The molecule has 0 spiro atoms. The topological polar surface area (TPSA) is 76.4 Å². The van der Waals surface area contributed by atoms with Crippen molar-refractivity contribution >= 4 is 5.96 Å². The molecule has 2 aromatic heterocycles. The second-order valence-corrected chi connectivity index (χ2v) is 6.15. The van der Waals surface area contributed by atoms with Crippen LogP contribution in [0.3, 0.4) is 0 Å². The highest BCUT2D eigenvalue weighted by Crippen LogP contribution is 2.23. The Balaban J connectivity index is 1.55. The van der Waals surface area contributed by atoms with Crippen molar-refractivity contribution in [1.82, 2.24) is 25.4 Å². The molecule has 2 aromatic rings. The number of nitrogens with zero attached hydrogens (tertiary/aromatic N) is 4. The molecule has 0 radical (unpaired) electrons. The van der Waals surface area contributed by atoms with Crippen molar-refractivity contribution in [1.29, 1.82) is 0 Å². The molecule has 24 heavy (non-hydrogen) atoms. The summed E-state index contributed by atoms with van der Waals surface area (Å²) in [4.78, 5) is 8.61. The molecule has 0 aliphatic carbocycles. The summed E-state index contributed by atoms with van der Waals surface area (Å²) in [6.07, 6.45) is 7.61. The van der Waals surface area contributed by atoms with E-state index in [1.54, 1.807) is 24.1 Å². The van der Waals surface area contributed by atoms with Crippen LogP contribution in [0.15, 0.2) is 41.8 Å². The molecule has 1 saturated heterocycles. The maximum Gasteiger partial charge on any atom is 0.191 e. The largest absolute Gasteiger partial charge is 0.373 e. The van der Waals surface area contributed by atoms with E-state index in [2.05, 4.69) is 32.6 Å². The van der Waals surface area contributed by atoms with Crippen LogP contribution in [0.5, 0.6) is 0 Å². The lowest BCUT2D eigenvalue weighted by Crippen LogP contribution is -2.45. The van der Waals surface area contributed by atoms with Gasteiger partial charge in [-0.1, -0.05) is 0 Å². The van der Waals surface area contributed by atoms with Crippen LogP contribution in [0.1, 0.15) is 25.3 Å². The standard InChI is InChI=1S/C17H24N6O/c1-17(6-3-10-24-17)13-21-16(18-2)20-12-14-5-8-19-15(11-14)23-9-4-7-22-23/h4-5,7-9,11H,3,6,10,12-13H2,1-2H3,(H2,18,20,21). The highest BCUT2D eigenvalue weighted by Gasteiger charge is 2.29. The molecule has 0 bridgehead atoms. The number of nitrogens with one attached hydrogen (secondary N) is 2. The van der Waals surface area contributed by atoms with Crippen LogP contribution in [-0.2, 0) is 11.3 Å². The maximum atomic E-state index is 5.79. The fourth-order valence-corrected chi connectivity index (χ4v) is 2.75. The van der Waals surface area contributed by atoms with Gasteiger partial charge in [-0.2, -0.15) is 5.10 Å². The first-order valence-electron chi connectivity index (χ1n) is 8.22. The Morgan fingerprint density at radius 1 is 1.42 bits per heavy atom. The van der Waals surface area contributed by atoms with Crippen LogP contribution in [0, 0.1) is 0 Å². The number of ether oxygens (including phenoxy) is 1. The van der Waals surface area contributed by atoms with Gasteiger partial charge in [-0.25, -0.2) is 9.67 Å². The Morgan fingerprint density at radius 3 is 3.04 bits per heavy atom. The minimum Gasteiger partial charge on any atom is -0.373 e. The van der Waals surface area contributed by atoms with Crippen molar-refractivity contribution in [2.75, 3.05) is 20.2 Å². The van der Waals surface area contributed by atoms with Crippen molar-refractivity contribution in [3.63, 3.8) is 0 Å². The summed E-state index contributed by atoms with van der Waals surface area (Å²) in [5.41, 5.74) is 1.02. The van der Waals surface area contributed by atoms with Gasteiger partial charge in [0.25, 0.3) is 0 Å². The van der Waals surface area contributed by atoms with E-state index in [1.807, 2.05) is 24.4 Å². The number of hydrogen-bond acceptors (Lipinski definition) is 4. The number of hydrogen-bond donors (Lipinski definition) is 2. The maximum absolute atomic E-state index is 5.79. The van der Waals surface area contributed by atoms with Crippen molar-refractivity contribution < 1.29 is 4.74 Å². The summed E-state index contributed by atoms with van der Waals surface area (Å²) < 4.78 is 7.54. The van der Waals surface area contributed by atoms with Gasteiger partial charge in [0.15, 0.2) is 11.8 Å². The Morgan fingerprint density at radius 2 is 2.33 bits per heavy atom. The second-order valence-electron chi connectivity index (χ2n) is 6.15. The van der Waals surface area contributed by atoms with E-state index in [0.717, 1.165) is 43.3 Å². The molecular formula is C17H24N6O. The predicted octanol–water partition coefficient (Wildman–Crippen LogP) is 1.50. The SMILES string of the molecule is CN=C(NCc1ccnc(-n2cccn2)c1)NCC1(C)CCCO1. The fraction of sp³-hybridized carbons (Fsp3) is 0.471. The summed E-state index contributed by atoms with van der Waals surface area (Å²) in [5.74, 6) is 1.57. The molecule has 3 heterocycles. The highest BCUT2D eigenvalue weighted by molar-refractivity contribution is 5.79. The third-order valence-electron chi connectivity index (χ3n) is 4.16. The van der Waals surface area contributed by atoms with E-state index in [1.165, 1.54) is 0 Å². The molecule has 1 aliphatic rings. The zero-order valence-corrected chi connectivity index (χ0v) is 14.2. The number of aliphatic imine (C=N–C) groups is 1. The van der Waals surface area contributed by atoms with E-state index in [9.17, 15) is 0 Å². The van der Waals surface area contributed by atoms with Gasteiger partial charge in [-0.15, -0.1) is 0 Å². The molecule has 1 fully saturated rings. The van der Waals surface area contributed by atoms with Gasteiger partial charge < -0.3 is 15.4 Å². The second kappa shape index (κ2) is 7.44. The van der Waals surface area contributed by atoms with Gasteiger partial charge in [0.1, 0.15) is 0 Å². The van der Waals surface area contributed by atoms with Crippen LogP contribution in [0.25, 0.3) is 5.82 Å². The van der Waals surface area contributed by atoms with E-state index < -0.39 is 0 Å². The third kappa shape index (κ3) is 4.11. The van der Waals surface area contributed by atoms with Gasteiger partial charge in [0.2, 0.25) is 0 Å². The molecule has 7 nitrogen and oxygen atoms in total. The molecule has 1 unspecified atom stereocenters. The smallest absolute Gasteiger partial charge is 0.191 e. The number of guanidine groups is 1. The van der Waals surface area contributed by atoms with E-state index in [4.69, 9.17) is 4.74 Å². The lowest BCUT2D eigenvalue weighted by molar-refractivity contribution is 0.0243. The molecule has 0 saturated carbocycles. The Hall–Kier alpha value is -2.41. The summed E-state index contributed by atoms with van der Waals surface area (Å²) in [7, 11) is 1.77. The minimum absolute atomic E-state index is 0.0957. The summed E-state index contributed by atoms with van der Waals surface area (Å²) >= 11 is 0. The Kier molecular flexibility index (Phi) is 5.10. The lowest BCUT2D eigenvalue weighted by atomic mass is 10.0. The van der Waals surface area contributed by atoms with Crippen LogP contribution in [0.4, 0.5) is 0 Å². The average Bonchev–Trinajstić information content (AvgIpc) is 3.27. The quantitative estimate of drug-likeness (QED) is 0.642. The van der Waals surface area contributed by atoms with Crippen LogP contribution < -0.4 is 10.6 Å². The summed E-state index contributed by atoms with van der Waals surface area (Å²) in [6.45, 7) is 4.40. The van der Waals surface area contributed by atoms with Gasteiger partial charge >= 0.3 is 0 Å². The van der Waals surface area contributed by atoms with Crippen LogP contribution in [0.2, 0.25) is 0 Å². The van der Waals surface area contributed by atoms with Crippen molar-refractivity contribution in [2.45, 2.75) is 31.9 Å². The molecule has 3 rings (SSSR count). The molecule has 1 atom stereocenters. The van der Waals surface area contributed by atoms with Crippen LogP contribution >= 0.6 is 0 Å². The van der Waals surface area contributed by atoms with Crippen molar-refractivity contribution in [2.24, 2.45) is 4.99 Å². The monoisotopic (exact) mass is 328 g/mol. The first kappa shape index (κ1) is 16.4. The predicted molar refractivity (Wildman–Crippen MR) is 93.2 cm³/mol. The molecule has 2 N–H and O–H groups in total. The van der Waals surface area contributed by atoms with Gasteiger partial charge in [-0.3, -0.25) is 4.99 Å². The average molecular weight is 328 g/mol. The summed E-state index contributed by atoms with van der Waals surface area (Å²) in [5, 5.41) is 10.9. The third-order valence-corrected chi connectivity index (χ3v) is 4.16. The highest BCUT2D eigenvalue weighted by atomic mass is 16.5. The molecule has 0 amide bonds. The molecule has 128 valence electrons. The normalized spacial score (nSPS) is 21.0. The van der Waals surface area contributed by atoms with Gasteiger partial charge in [-0.05, 0) is 43.5 Å². The number of pyridine rings is 1. The zero-order chi connectivity index (χ0) is 16.8. The number of rotatable bonds is 5. The van der Waals surface area contributed by atoms with E-state index >= 15 is 0 Å². The van der Waals surface area contributed by atoms with E-state index in [0.29, 0.717) is 6.54 Å². The molecule has 7 heteroatoms. The Labute approximate surface area is 142 Å². The van der Waals surface area contributed by atoms with Gasteiger partial charge in [0.05, 0.1) is 5.60 Å². The molecule has 0 aromatic carbocycles. The number of aromatic nitrogens is 3. The first-order chi connectivity index (χ1) is 11.7. The zero-order valence-electron chi connectivity index (χ0n) is 14.2. The molecule has 1 aliphatic heterocycles. The molecular weight excluding hydrogens is 304 g/mol. The van der Waals surface area contributed by atoms with E-state index in [-0.39, 0.29) is 5.60 Å². The Bertz CT molecular complexity index is 676.